The Hall–Kier alpha value is -2.44. The molecule has 23 heavy (non-hydrogen) atoms. The van der Waals surface area contributed by atoms with E-state index in [4.69, 9.17) is 16.1 Å². The molecule has 1 amide bonds. The number of carbonyl (C=O) groups is 1. The van der Waals surface area contributed by atoms with E-state index in [-0.39, 0.29) is 12.3 Å². The third-order valence-corrected chi connectivity index (χ3v) is 4.55. The highest BCUT2D eigenvalue weighted by molar-refractivity contribution is 7.22. The summed E-state index contributed by atoms with van der Waals surface area (Å²) < 4.78 is 6.13. The average Bonchev–Trinajstić information content (AvgIpc) is 3.11. The quantitative estimate of drug-likeness (QED) is 0.603. The number of fused-ring (bicyclic) bond motifs is 2. The molecule has 2 aromatic heterocycles. The molecule has 4 rings (SSSR count). The molecule has 0 saturated heterocycles. The second-order valence-corrected chi connectivity index (χ2v) is 6.45. The number of carbonyl (C=O) groups excluding carboxylic acids is 1. The van der Waals surface area contributed by atoms with E-state index in [1.807, 2.05) is 36.4 Å². The first-order chi connectivity index (χ1) is 11.2. The second kappa shape index (κ2) is 5.64. The standard InChI is InChI=1S/C16H10ClN3O2S/c17-9-5-6-11-14(7-9)23-16(18-11)19-15(21)8-12-10-3-1-2-4-13(10)22-20-12/h1-7H,8H2,(H,18,19,21). The number of benzene rings is 2. The third-order valence-electron chi connectivity index (χ3n) is 3.38. The van der Waals surface area contributed by atoms with Crippen LogP contribution in [0.5, 0.6) is 0 Å². The lowest BCUT2D eigenvalue weighted by Crippen LogP contribution is -2.14. The summed E-state index contributed by atoms with van der Waals surface area (Å²) in [5.74, 6) is -0.186. The minimum absolute atomic E-state index is 0.133. The molecular formula is C16H10ClN3O2S. The van der Waals surface area contributed by atoms with Gasteiger partial charge in [0.2, 0.25) is 5.91 Å². The molecule has 0 aliphatic rings. The maximum absolute atomic E-state index is 12.2. The number of nitrogens with one attached hydrogen (secondary N) is 1. The predicted molar refractivity (Wildman–Crippen MR) is 91.0 cm³/mol. The van der Waals surface area contributed by atoms with Gasteiger partial charge < -0.3 is 9.84 Å². The lowest BCUT2D eigenvalue weighted by Gasteiger charge is -1.98. The Balaban J connectivity index is 1.54. The molecule has 0 aliphatic heterocycles. The summed E-state index contributed by atoms with van der Waals surface area (Å²) in [6, 6.07) is 12.9. The van der Waals surface area contributed by atoms with E-state index in [9.17, 15) is 4.79 Å². The fourth-order valence-corrected chi connectivity index (χ4v) is 3.49. The van der Waals surface area contributed by atoms with Crippen LogP contribution in [0.25, 0.3) is 21.2 Å². The van der Waals surface area contributed by atoms with E-state index < -0.39 is 0 Å². The molecular weight excluding hydrogens is 334 g/mol. The Morgan fingerprint density at radius 3 is 3.04 bits per heavy atom. The first-order valence-corrected chi connectivity index (χ1v) is 8.08. The van der Waals surface area contributed by atoms with Crippen LogP contribution in [0.15, 0.2) is 47.0 Å². The van der Waals surface area contributed by atoms with Gasteiger partial charge in [0.15, 0.2) is 10.7 Å². The van der Waals surface area contributed by atoms with Crippen molar-refractivity contribution in [1.29, 1.82) is 0 Å². The fraction of sp³-hybridized carbons (Fsp3) is 0.0625. The summed E-state index contributed by atoms with van der Waals surface area (Å²) in [5, 5.41) is 8.79. The van der Waals surface area contributed by atoms with Crippen molar-refractivity contribution in [2.45, 2.75) is 6.42 Å². The molecule has 7 heteroatoms. The van der Waals surface area contributed by atoms with Crippen molar-refractivity contribution in [2.24, 2.45) is 0 Å². The lowest BCUT2D eigenvalue weighted by molar-refractivity contribution is -0.115. The van der Waals surface area contributed by atoms with Gasteiger partial charge in [-0.1, -0.05) is 40.2 Å². The molecule has 114 valence electrons. The van der Waals surface area contributed by atoms with Gasteiger partial charge in [-0.05, 0) is 30.3 Å². The van der Waals surface area contributed by atoms with E-state index in [1.54, 1.807) is 6.07 Å². The SMILES string of the molecule is O=C(Cc1noc2ccccc12)Nc1nc2ccc(Cl)cc2s1. The number of rotatable bonds is 3. The van der Waals surface area contributed by atoms with Crippen molar-refractivity contribution in [1.82, 2.24) is 10.1 Å². The maximum Gasteiger partial charge on any atom is 0.232 e. The van der Waals surface area contributed by atoms with Gasteiger partial charge >= 0.3 is 0 Å². The summed E-state index contributed by atoms with van der Waals surface area (Å²) >= 11 is 7.34. The van der Waals surface area contributed by atoms with Crippen molar-refractivity contribution < 1.29 is 9.32 Å². The minimum atomic E-state index is -0.186. The van der Waals surface area contributed by atoms with Crippen LogP contribution in [0.4, 0.5) is 5.13 Å². The van der Waals surface area contributed by atoms with E-state index in [2.05, 4.69) is 15.5 Å². The van der Waals surface area contributed by atoms with Crippen LogP contribution in [0.1, 0.15) is 5.69 Å². The van der Waals surface area contributed by atoms with Crippen molar-refractivity contribution in [2.75, 3.05) is 5.32 Å². The molecule has 0 unspecified atom stereocenters. The zero-order chi connectivity index (χ0) is 15.8. The van der Waals surface area contributed by atoms with Crippen LogP contribution in [0.2, 0.25) is 5.02 Å². The van der Waals surface area contributed by atoms with Gasteiger partial charge in [0.25, 0.3) is 0 Å². The number of hydrogen-bond donors (Lipinski definition) is 1. The maximum atomic E-state index is 12.2. The largest absolute Gasteiger partial charge is 0.356 e. The second-order valence-electron chi connectivity index (χ2n) is 4.98. The number of amides is 1. The third kappa shape index (κ3) is 2.78. The van der Waals surface area contributed by atoms with Gasteiger partial charge in [-0.15, -0.1) is 0 Å². The van der Waals surface area contributed by atoms with Gasteiger partial charge in [-0.25, -0.2) is 4.98 Å². The number of halogens is 1. The minimum Gasteiger partial charge on any atom is -0.356 e. The summed E-state index contributed by atoms with van der Waals surface area (Å²) in [4.78, 5) is 16.6. The lowest BCUT2D eigenvalue weighted by atomic mass is 10.2. The molecule has 0 fully saturated rings. The van der Waals surface area contributed by atoms with E-state index >= 15 is 0 Å². The van der Waals surface area contributed by atoms with E-state index in [1.165, 1.54) is 11.3 Å². The van der Waals surface area contributed by atoms with Crippen LogP contribution in [-0.2, 0) is 11.2 Å². The molecule has 4 aromatic rings. The van der Waals surface area contributed by atoms with Gasteiger partial charge in [-0.3, -0.25) is 4.79 Å². The number of para-hydroxylation sites is 1. The Labute approximate surface area is 139 Å². The Morgan fingerprint density at radius 2 is 2.13 bits per heavy atom. The van der Waals surface area contributed by atoms with Crippen molar-refractivity contribution in [3.63, 3.8) is 0 Å². The summed E-state index contributed by atoms with van der Waals surface area (Å²) in [6.07, 6.45) is 0.133. The molecule has 2 aromatic carbocycles. The molecule has 5 nitrogen and oxygen atoms in total. The Bertz CT molecular complexity index is 1020. The normalized spacial score (nSPS) is 11.2. The zero-order valence-corrected chi connectivity index (χ0v) is 13.3. The molecule has 0 saturated carbocycles. The van der Waals surface area contributed by atoms with Gasteiger partial charge in [-0.2, -0.15) is 0 Å². The fourth-order valence-electron chi connectivity index (χ4n) is 2.33. The number of anilines is 1. The smallest absolute Gasteiger partial charge is 0.232 e. The van der Waals surface area contributed by atoms with Crippen LogP contribution < -0.4 is 5.32 Å². The Morgan fingerprint density at radius 1 is 1.26 bits per heavy atom. The van der Waals surface area contributed by atoms with Crippen LogP contribution in [0, 0.1) is 0 Å². The summed E-state index contributed by atoms with van der Waals surface area (Å²) in [7, 11) is 0. The van der Waals surface area contributed by atoms with E-state index in [0.29, 0.717) is 21.4 Å². The van der Waals surface area contributed by atoms with Crippen LogP contribution in [-0.4, -0.2) is 16.0 Å². The molecule has 0 spiro atoms. The van der Waals surface area contributed by atoms with Crippen molar-refractivity contribution in [3.8, 4) is 0 Å². The van der Waals surface area contributed by atoms with Crippen molar-refractivity contribution >= 4 is 55.2 Å². The monoisotopic (exact) mass is 343 g/mol. The Kier molecular flexibility index (Phi) is 3.48. The first kappa shape index (κ1) is 14.2. The highest BCUT2D eigenvalue weighted by Crippen LogP contribution is 2.28. The van der Waals surface area contributed by atoms with Crippen LogP contribution in [0.3, 0.4) is 0 Å². The topological polar surface area (TPSA) is 68.0 Å². The highest BCUT2D eigenvalue weighted by Gasteiger charge is 2.14. The molecule has 0 aliphatic carbocycles. The first-order valence-electron chi connectivity index (χ1n) is 6.88. The van der Waals surface area contributed by atoms with Crippen LogP contribution >= 0.6 is 22.9 Å². The van der Waals surface area contributed by atoms with Gasteiger partial charge in [0.1, 0.15) is 5.69 Å². The summed E-state index contributed by atoms with van der Waals surface area (Å²) in [5.41, 5.74) is 2.09. The molecule has 0 bridgehead atoms. The molecule has 0 radical (unpaired) electrons. The summed E-state index contributed by atoms with van der Waals surface area (Å²) in [6.45, 7) is 0. The number of aromatic nitrogens is 2. The van der Waals surface area contributed by atoms with Gasteiger partial charge in [0.05, 0.1) is 16.6 Å². The number of hydrogen-bond acceptors (Lipinski definition) is 5. The number of thiazole rings is 1. The van der Waals surface area contributed by atoms with Crippen molar-refractivity contribution in [3.05, 3.63) is 53.2 Å². The molecule has 0 atom stereocenters. The average molecular weight is 344 g/mol. The van der Waals surface area contributed by atoms with E-state index in [0.717, 1.165) is 15.6 Å². The van der Waals surface area contributed by atoms with Gasteiger partial charge in [0, 0.05) is 10.4 Å². The highest BCUT2D eigenvalue weighted by atomic mass is 35.5. The zero-order valence-electron chi connectivity index (χ0n) is 11.7. The predicted octanol–water partition coefficient (Wildman–Crippen LogP) is 4.27. The molecule has 2 heterocycles. The molecule has 1 N–H and O–H groups in total. The number of nitrogens with zero attached hydrogens (tertiary/aromatic N) is 2.